The van der Waals surface area contributed by atoms with Crippen molar-refractivity contribution in [3.8, 4) is 44.8 Å². The Labute approximate surface area is 220 Å². The molecule has 0 fully saturated rings. The minimum Gasteiger partial charge on any atom is -0.264 e. The van der Waals surface area contributed by atoms with Crippen molar-refractivity contribution in [2.45, 2.75) is 0 Å². The number of hydrogen-bond donors (Lipinski definition) is 0. The Hall–Kier alpha value is -5.22. The second-order valence-electron chi connectivity index (χ2n) is 9.19. The highest BCUT2D eigenvalue weighted by atomic mass is 14.7. The fraction of sp³-hybridized carbons (Fsp3) is 0. The van der Waals surface area contributed by atoms with Crippen molar-refractivity contribution in [1.29, 1.82) is 0 Å². The van der Waals surface area contributed by atoms with Crippen molar-refractivity contribution in [2.24, 2.45) is 0 Å². The van der Waals surface area contributed by atoms with Gasteiger partial charge in [0, 0.05) is 53.9 Å². The number of rotatable bonds is 4. The van der Waals surface area contributed by atoms with Crippen LogP contribution in [0.2, 0.25) is 0 Å². The molecule has 0 aliphatic carbocycles. The summed E-state index contributed by atoms with van der Waals surface area (Å²) in [5.74, 6) is 0. The van der Waals surface area contributed by atoms with E-state index in [-0.39, 0.29) is 0 Å². The molecular formula is C34H22N4. The molecule has 0 saturated heterocycles. The van der Waals surface area contributed by atoms with E-state index in [9.17, 15) is 0 Å². The zero-order valence-corrected chi connectivity index (χ0v) is 20.5. The van der Waals surface area contributed by atoms with Crippen LogP contribution in [-0.4, -0.2) is 19.9 Å². The molecule has 178 valence electrons. The highest BCUT2D eigenvalue weighted by Crippen LogP contribution is 2.43. The highest BCUT2D eigenvalue weighted by molar-refractivity contribution is 6.21. The standard InChI is InChI=1S/C34H22N4/c1-3-11-29-27(9-1)33(23-15-18-37-32(19-23)25-8-6-17-36-21-25)28-10-2-4-12-30(28)34(29)26-13-14-31(38-22-26)24-7-5-16-35-20-24/h1-22H. The van der Waals surface area contributed by atoms with Gasteiger partial charge >= 0.3 is 0 Å². The summed E-state index contributed by atoms with van der Waals surface area (Å²) in [6.07, 6.45) is 11.1. The lowest BCUT2D eigenvalue weighted by Gasteiger charge is -2.18. The second kappa shape index (κ2) is 9.34. The Kier molecular flexibility index (Phi) is 5.41. The van der Waals surface area contributed by atoms with Gasteiger partial charge in [-0.05, 0) is 80.7 Å². The molecule has 0 saturated carbocycles. The minimum atomic E-state index is 0.906. The molecule has 4 nitrogen and oxygen atoms in total. The van der Waals surface area contributed by atoms with Gasteiger partial charge in [0.2, 0.25) is 0 Å². The summed E-state index contributed by atoms with van der Waals surface area (Å²) in [7, 11) is 0. The van der Waals surface area contributed by atoms with Gasteiger partial charge in [-0.1, -0.05) is 54.6 Å². The molecule has 4 heterocycles. The van der Waals surface area contributed by atoms with E-state index < -0.39 is 0 Å². The Balaban J connectivity index is 1.47. The van der Waals surface area contributed by atoms with Crippen LogP contribution in [-0.2, 0) is 0 Å². The maximum absolute atomic E-state index is 4.81. The molecule has 0 bridgehead atoms. The first-order valence-electron chi connectivity index (χ1n) is 12.5. The maximum Gasteiger partial charge on any atom is 0.0723 e. The van der Waals surface area contributed by atoms with E-state index in [0.29, 0.717) is 0 Å². The lowest BCUT2D eigenvalue weighted by molar-refractivity contribution is 1.28. The van der Waals surface area contributed by atoms with Gasteiger partial charge in [-0.25, -0.2) is 0 Å². The number of aromatic nitrogens is 4. The lowest BCUT2D eigenvalue weighted by Crippen LogP contribution is -1.93. The lowest BCUT2D eigenvalue weighted by atomic mass is 9.86. The quantitative estimate of drug-likeness (QED) is 0.235. The molecule has 0 atom stereocenters. The topological polar surface area (TPSA) is 51.6 Å². The molecule has 38 heavy (non-hydrogen) atoms. The predicted molar refractivity (Wildman–Crippen MR) is 154 cm³/mol. The monoisotopic (exact) mass is 486 g/mol. The predicted octanol–water partition coefficient (Wildman–Crippen LogP) is 8.24. The van der Waals surface area contributed by atoms with Gasteiger partial charge in [-0.3, -0.25) is 19.9 Å². The third-order valence-corrected chi connectivity index (χ3v) is 6.95. The van der Waals surface area contributed by atoms with Crippen LogP contribution in [0.3, 0.4) is 0 Å². The van der Waals surface area contributed by atoms with Crippen molar-refractivity contribution in [3.05, 3.63) is 134 Å². The van der Waals surface area contributed by atoms with Gasteiger partial charge < -0.3 is 0 Å². The molecule has 0 radical (unpaired) electrons. The molecule has 7 aromatic rings. The van der Waals surface area contributed by atoms with Crippen LogP contribution in [0, 0.1) is 0 Å². The number of nitrogens with zero attached hydrogens (tertiary/aromatic N) is 4. The first-order valence-corrected chi connectivity index (χ1v) is 12.5. The van der Waals surface area contributed by atoms with E-state index in [0.717, 1.165) is 33.6 Å². The van der Waals surface area contributed by atoms with Gasteiger partial charge in [-0.2, -0.15) is 0 Å². The third kappa shape index (κ3) is 3.80. The van der Waals surface area contributed by atoms with Crippen molar-refractivity contribution >= 4 is 21.5 Å². The summed E-state index contributed by atoms with van der Waals surface area (Å²) in [5, 5.41) is 4.77. The number of fused-ring (bicyclic) bond motifs is 2. The van der Waals surface area contributed by atoms with Crippen LogP contribution >= 0.6 is 0 Å². The van der Waals surface area contributed by atoms with Crippen LogP contribution in [0.25, 0.3) is 66.3 Å². The molecule has 0 aliphatic rings. The molecule has 4 heteroatoms. The third-order valence-electron chi connectivity index (χ3n) is 6.95. The molecule has 4 aromatic heterocycles. The van der Waals surface area contributed by atoms with Crippen LogP contribution in [0.15, 0.2) is 134 Å². The van der Waals surface area contributed by atoms with Crippen molar-refractivity contribution in [2.75, 3.05) is 0 Å². The number of pyridine rings is 4. The van der Waals surface area contributed by atoms with E-state index in [4.69, 9.17) is 4.98 Å². The fourth-order valence-electron chi connectivity index (χ4n) is 5.24. The molecule has 3 aromatic carbocycles. The zero-order chi connectivity index (χ0) is 25.3. The molecule has 0 aliphatic heterocycles. The average molecular weight is 487 g/mol. The van der Waals surface area contributed by atoms with E-state index >= 15 is 0 Å². The molecule has 0 spiro atoms. The average Bonchev–Trinajstić information content (AvgIpc) is 3.01. The highest BCUT2D eigenvalue weighted by Gasteiger charge is 2.17. The summed E-state index contributed by atoms with van der Waals surface area (Å²) >= 11 is 0. The molecule has 0 N–H and O–H groups in total. The summed E-state index contributed by atoms with van der Waals surface area (Å²) in [6.45, 7) is 0. The van der Waals surface area contributed by atoms with Crippen LogP contribution in [0.4, 0.5) is 0 Å². The van der Waals surface area contributed by atoms with Crippen molar-refractivity contribution in [3.63, 3.8) is 0 Å². The van der Waals surface area contributed by atoms with Gasteiger partial charge in [0.25, 0.3) is 0 Å². The second-order valence-corrected chi connectivity index (χ2v) is 9.19. The summed E-state index contributed by atoms with van der Waals surface area (Å²) in [5.41, 5.74) is 8.42. The Morgan fingerprint density at radius 3 is 1.47 bits per heavy atom. The Morgan fingerprint density at radius 1 is 0.368 bits per heavy atom. The Bertz CT molecular complexity index is 1840. The van der Waals surface area contributed by atoms with Gasteiger partial charge in [-0.15, -0.1) is 0 Å². The summed E-state index contributed by atoms with van der Waals surface area (Å²) < 4.78 is 0. The molecule has 0 amide bonds. The van der Waals surface area contributed by atoms with E-state index in [1.54, 1.807) is 12.4 Å². The van der Waals surface area contributed by atoms with E-state index in [1.807, 2.05) is 49.1 Å². The first-order chi connectivity index (χ1) is 18.9. The van der Waals surface area contributed by atoms with Crippen LogP contribution in [0.5, 0.6) is 0 Å². The van der Waals surface area contributed by atoms with E-state index in [1.165, 1.54) is 32.7 Å². The Morgan fingerprint density at radius 2 is 0.947 bits per heavy atom. The molecular weight excluding hydrogens is 464 g/mol. The number of benzene rings is 3. The first kappa shape index (κ1) is 22.0. The molecule has 0 unspecified atom stereocenters. The number of hydrogen-bond acceptors (Lipinski definition) is 4. The van der Waals surface area contributed by atoms with Crippen LogP contribution < -0.4 is 0 Å². The van der Waals surface area contributed by atoms with E-state index in [2.05, 4.69) is 87.7 Å². The van der Waals surface area contributed by atoms with Gasteiger partial charge in [0.1, 0.15) is 0 Å². The van der Waals surface area contributed by atoms with Crippen molar-refractivity contribution < 1.29 is 0 Å². The largest absolute Gasteiger partial charge is 0.264 e. The molecule has 7 rings (SSSR count). The van der Waals surface area contributed by atoms with Gasteiger partial charge in [0.05, 0.1) is 11.4 Å². The smallest absolute Gasteiger partial charge is 0.0723 e. The SMILES string of the molecule is c1cncc(-c2ccc(-c3c4ccccc4c(-c4ccnc(-c5cccnc5)c4)c4ccccc34)cn2)c1. The zero-order valence-electron chi connectivity index (χ0n) is 20.5. The van der Waals surface area contributed by atoms with Crippen molar-refractivity contribution in [1.82, 2.24) is 19.9 Å². The van der Waals surface area contributed by atoms with Gasteiger partial charge in [0.15, 0.2) is 0 Å². The van der Waals surface area contributed by atoms with Crippen LogP contribution in [0.1, 0.15) is 0 Å². The fourth-order valence-corrected chi connectivity index (χ4v) is 5.24. The summed E-state index contributed by atoms with van der Waals surface area (Å²) in [6, 6.07) is 33.7. The maximum atomic E-state index is 4.81. The minimum absolute atomic E-state index is 0.906. The normalized spacial score (nSPS) is 11.2. The summed E-state index contributed by atoms with van der Waals surface area (Å²) in [4.78, 5) is 18.0.